The molecule has 0 spiro atoms. The van der Waals surface area contributed by atoms with E-state index >= 15 is 0 Å². The van der Waals surface area contributed by atoms with Crippen LogP contribution in [0.1, 0.15) is 16.4 Å². The maximum absolute atomic E-state index is 10.7. The molecule has 0 fully saturated rings. The number of aliphatic carboxylic acids is 1. The summed E-state index contributed by atoms with van der Waals surface area (Å²) < 4.78 is 0. The van der Waals surface area contributed by atoms with Crippen molar-refractivity contribution < 1.29 is 9.90 Å². The summed E-state index contributed by atoms with van der Waals surface area (Å²) in [5.74, 6) is -1.03. The molecule has 1 rings (SSSR count). The number of benzene rings is 1. The second-order valence-corrected chi connectivity index (χ2v) is 4.19. The Morgan fingerprint density at radius 3 is 2.50 bits per heavy atom. The first kappa shape index (κ1) is 11.7. The lowest BCUT2D eigenvalue weighted by atomic mass is 10.1. The molecule has 5 heteroatoms. The maximum Gasteiger partial charge on any atom is 0.320 e. The van der Waals surface area contributed by atoms with E-state index in [9.17, 15) is 4.79 Å². The smallest absolute Gasteiger partial charge is 0.320 e. The van der Waals surface area contributed by atoms with Gasteiger partial charge in [-0.3, -0.25) is 4.79 Å². The molecule has 0 bridgehead atoms. The fraction of sp³-hybridized carbons (Fsp3) is 0.222. The molecule has 1 unspecified atom stereocenters. The van der Waals surface area contributed by atoms with E-state index in [1.165, 1.54) is 6.07 Å². The maximum atomic E-state index is 10.7. The average molecular weight is 251 g/mol. The predicted molar refractivity (Wildman–Crippen MR) is 60.6 cm³/mol. The van der Waals surface area contributed by atoms with Crippen molar-refractivity contribution in [2.45, 2.75) is 12.2 Å². The van der Waals surface area contributed by atoms with Gasteiger partial charge in [-0.2, -0.15) is 12.6 Å². The van der Waals surface area contributed by atoms with Gasteiger partial charge < -0.3 is 5.11 Å². The minimum atomic E-state index is -1.03. The van der Waals surface area contributed by atoms with Gasteiger partial charge in [-0.1, -0.05) is 29.3 Å². The Labute approximate surface area is 97.2 Å². The molecule has 0 saturated carbocycles. The van der Waals surface area contributed by atoms with Crippen LogP contribution in [0.2, 0.25) is 10.0 Å². The molecule has 1 atom stereocenters. The molecule has 1 aromatic rings. The van der Waals surface area contributed by atoms with E-state index in [0.717, 1.165) is 5.56 Å². The van der Waals surface area contributed by atoms with E-state index in [4.69, 9.17) is 28.3 Å². The normalized spacial score (nSPS) is 12.6. The Bertz CT molecular complexity index is 379. The number of carboxylic acid groups (broad SMARTS) is 1. The number of halogens is 2. The zero-order valence-electron chi connectivity index (χ0n) is 7.29. The van der Waals surface area contributed by atoms with Crippen molar-refractivity contribution in [2.24, 2.45) is 0 Å². The lowest BCUT2D eigenvalue weighted by molar-refractivity contribution is -0.136. The molecule has 0 aromatic heterocycles. The van der Waals surface area contributed by atoms with E-state index in [-0.39, 0.29) is 0 Å². The molecule has 0 aliphatic rings. The third-order valence-electron chi connectivity index (χ3n) is 1.81. The van der Waals surface area contributed by atoms with Crippen LogP contribution in [-0.2, 0) is 4.79 Å². The summed E-state index contributed by atoms with van der Waals surface area (Å²) in [7, 11) is 0. The molecule has 0 saturated heterocycles. The standard InChI is InChI=1S/C9H8Cl2O2S/c1-4-2-5(8(14)9(12)13)7(11)3-6(4)10/h2-3,8,14H,1H3,(H,12,13). The summed E-state index contributed by atoms with van der Waals surface area (Å²) >= 11 is 15.6. The van der Waals surface area contributed by atoms with Crippen LogP contribution in [0.15, 0.2) is 12.1 Å². The van der Waals surface area contributed by atoms with Gasteiger partial charge in [0.1, 0.15) is 5.25 Å². The zero-order chi connectivity index (χ0) is 10.9. The van der Waals surface area contributed by atoms with Gasteiger partial charge in [-0.25, -0.2) is 0 Å². The van der Waals surface area contributed by atoms with Gasteiger partial charge >= 0.3 is 5.97 Å². The van der Waals surface area contributed by atoms with Crippen molar-refractivity contribution in [3.63, 3.8) is 0 Å². The fourth-order valence-corrected chi connectivity index (χ4v) is 1.80. The van der Waals surface area contributed by atoms with Gasteiger partial charge in [0.25, 0.3) is 0 Å². The number of hydrogen-bond donors (Lipinski definition) is 2. The van der Waals surface area contributed by atoms with E-state index in [1.807, 2.05) is 0 Å². The molecule has 14 heavy (non-hydrogen) atoms. The van der Waals surface area contributed by atoms with Gasteiger partial charge in [0, 0.05) is 10.0 Å². The summed E-state index contributed by atoms with van der Waals surface area (Å²) in [5, 5.41) is 8.67. The van der Waals surface area contributed by atoms with Gasteiger partial charge in [0.15, 0.2) is 0 Å². The lowest BCUT2D eigenvalue weighted by Gasteiger charge is -2.10. The van der Waals surface area contributed by atoms with Crippen molar-refractivity contribution in [1.29, 1.82) is 0 Å². The Morgan fingerprint density at radius 2 is 2.00 bits per heavy atom. The Balaban J connectivity index is 3.22. The van der Waals surface area contributed by atoms with Crippen LogP contribution in [0.5, 0.6) is 0 Å². The average Bonchev–Trinajstić information content (AvgIpc) is 2.10. The molecule has 0 aliphatic heterocycles. The van der Waals surface area contributed by atoms with Crippen LogP contribution in [0.25, 0.3) is 0 Å². The van der Waals surface area contributed by atoms with Crippen molar-refractivity contribution >= 4 is 41.8 Å². The first-order valence-electron chi connectivity index (χ1n) is 3.80. The molecule has 1 N–H and O–H groups in total. The number of thiol groups is 1. The van der Waals surface area contributed by atoms with Crippen LogP contribution in [0, 0.1) is 6.92 Å². The molecule has 0 radical (unpaired) electrons. The second-order valence-electron chi connectivity index (χ2n) is 2.86. The number of aryl methyl sites for hydroxylation is 1. The van der Waals surface area contributed by atoms with Gasteiger partial charge in [-0.05, 0) is 24.1 Å². The largest absolute Gasteiger partial charge is 0.480 e. The van der Waals surface area contributed by atoms with Crippen molar-refractivity contribution in [2.75, 3.05) is 0 Å². The summed E-state index contributed by atoms with van der Waals surface area (Å²) in [6.45, 7) is 1.78. The van der Waals surface area contributed by atoms with Crippen molar-refractivity contribution in [3.05, 3.63) is 33.3 Å². The Hall–Kier alpha value is -0.380. The zero-order valence-corrected chi connectivity index (χ0v) is 9.70. The Kier molecular flexibility index (Phi) is 3.70. The number of carboxylic acids is 1. The van der Waals surface area contributed by atoms with Crippen LogP contribution < -0.4 is 0 Å². The van der Waals surface area contributed by atoms with Crippen molar-refractivity contribution in [3.8, 4) is 0 Å². The monoisotopic (exact) mass is 250 g/mol. The van der Waals surface area contributed by atoms with E-state index in [2.05, 4.69) is 12.6 Å². The highest BCUT2D eigenvalue weighted by Gasteiger charge is 2.18. The van der Waals surface area contributed by atoms with Crippen LogP contribution in [0.3, 0.4) is 0 Å². The quantitative estimate of drug-likeness (QED) is 0.791. The Morgan fingerprint density at radius 1 is 1.43 bits per heavy atom. The van der Waals surface area contributed by atoms with Gasteiger partial charge in [0.2, 0.25) is 0 Å². The molecular formula is C9H8Cl2O2S. The van der Waals surface area contributed by atoms with Crippen molar-refractivity contribution in [1.82, 2.24) is 0 Å². The summed E-state index contributed by atoms with van der Waals surface area (Å²) in [6, 6.07) is 3.16. The minimum absolute atomic E-state index is 0.322. The molecule has 0 heterocycles. The fourth-order valence-electron chi connectivity index (χ4n) is 1.02. The molecule has 76 valence electrons. The highest BCUT2D eigenvalue weighted by molar-refractivity contribution is 7.81. The van der Waals surface area contributed by atoms with E-state index in [1.54, 1.807) is 13.0 Å². The lowest BCUT2D eigenvalue weighted by Crippen LogP contribution is -2.06. The first-order chi connectivity index (χ1) is 6.43. The number of carbonyl (C=O) groups is 1. The molecule has 0 aliphatic carbocycles. The van der Waals surface area contributed by atoms with E-state index < -0.39 is 11.2 Å². The van der Waals surface area contributed by atoms with Gasteiger partial charge in [-0.15, -0.1) is 0 Å². The van der Waals surface area contributed by atoms with Crippen LogP contribution in [0.4, 0.5) is 0 Å². The second kappa shape index (κ2) is 4.43. The summed E-state index contributed by atoms with van der Waals surface area (Å²) in [4.78, 5) is 10.7. The summed E-state index contributed by atoms with van der Waals surface area (Å²) in [5.41, 5.74) is 1.25. The highest BCUT2D eigenvalue weighted by Crippen LogP contribution is 2.32. The summed E-state index contributed by atoms with van der Waals surface area (Å²) in [6.07, 6.45) is 0. The number of rotatable bonds is 2. The topological polar surface area (TPSA) is 37.3 Å². The van der Waals surface area contributed by atoms with Crippen LogP contribution >= 0.6 is 35.8 Å². The third kappa shape index (κ3) is 2.35. The molecular weight excluding hydrogens is 243 g/mol. The highest BCUT2D eigenvalue weighted by atomic mass is 35.5. The first-order valence-corrected chi connectivity index (χ1v) is 5.07. The van der Waals surface area contributed by atoms with Gasteiger partial charge in [0.05, 0.1) is 0 Å². The third-order valence-corrected chi connectivity index (χ3v) is 3.04. The van der Waals surface area contributed by atoms with Crippen LogP contribution in [-0.4, -0.2) is 11.1 Å². The molecule has 0 amide bonds. The predicted octanol–water partition coefficient (Wildman–Crippen LogP) is 3.36. The van der Waals surface area contributed by atoms with E-state index in [0.29, 0.717) is 15.6 Å². The minimum Gasteiger partial charge on any atom is -0.480 e. The number of hydrogen-bond acceptors (Lipinski definition) is 2. The molecule has 1 aromatic carbocycles. The SMILES string of the molecule is Cc1cc(C(S)C(=O)O)c(Cl)cc1Cl. The molecule has 2 nitrogen and oxygen atoms in total.